The second-order valence-corrected chi connectivity index (χ2v) is 9.15. The molecule has 0 N–H and O–H groups in total. The topological polar surface area (TPSA) is 9.23 Å². The van der Waals surface area contributed by atoms with Gasteiger partial charge in [0, 0.05) is 23.6 Å². The van der Waals surface area contributed by atoms with E-state index in [0.717, 1.165) is 35.4 Å². The van der Waals surface area contributed by atoms with E-state index in [1.807, 2.05) is 0 Å². The number of hydrogen-bond donors (Lipinski definition) is 0. The van der Waals surface area contributed by atoms with Crippen LogP contribution in [0, 0.1) is 35.5 Å². The van der Waals surface area contributed by atoms with Crippen molar-refractivity contribution in [3.05, 3.63) is 0 Å². The molecule has 4 aliphatic carbocycles. The first-order valence-electron chi connectivity index (χ1n) is 8.85. The van der Waals surface area contributed by atoms with Gasteiger partial charge in [0.25, 0.3) is 0 Å². The number of alkyl halides is 2. The van der Waals surface area contributed by atoms with Crippen LogP contribution in [0.1, 0.15) is 52.4 Å². The van der Waals surface area contributed by atoms with Crippen LogP contribution in [-0.2, 0) is 4.74 Å². The molecule has 0 radical (unpaired) electrons. The van der Waals surface area contributed by atoms with Crippen molar-refractivity contribution < 1.29 is 4.74 Å². The molecule has 4 aliphatic rings. The molecule has 0 aromatic carbocycles. The molecule has 4 fully saturated rings. The summed E-state index contributed by atoms with van der Waals surface area (Å²) < 4.78 is 7.05. The standard InChI is InChI=1S/C18H28Cl2O/c1-17(13-5-3-11(7-13)15(17)9-19)21-18(2)14-6-4-12(8-14)16(18)10-20/h11-16H,3-10H2,1-2H3. The van der Waals surface area contributed by atoms with Crippen molar-refractivity contribution in [2.24, 2.45) is 35.5 Å². The van der Waals surface area contributed by atoms with Crippen LogP contribution in [-0.4, -0.2) is 23.0 Å². The fraction of sp³-hybridized carbons (Fsp3) is 1.00. The average Bonchev–Trinajstić information content (AvgIpc) is 3.16. The lowest BCUT2D eigenvalue weighted by molar-refractivity contribution is -0.217. The molecule has 8 unspecified atom stereocenters. The first-order chi connectivity index (χ1) is 10.0. The van der Waals surface area contributed by atoms with E-state index < -0.39 is 0 Å². The highest BCUT2D eigenvalue weighted by atomic mass is 35.5. The maximum Gasteiger partial charge on any atom is 0.0732 e. The molecule has 0 aromatic rings. The second kappa shape index (κ2) is 5.02. The van der Waals surface area contributed by atoms with E-state index in [-0.39, 0.29) is 11.2 Å². The van der Waals surface area contributed by atoms with Crippen LogP contribution in [0.5, 0.6) is 0 Å². The molecule has 4 bridgehead atoms. The minimum absolute atomic E-state index is 0.00575. The van der Waals surface area contributed by atoms with Crippen molar-refractivity contribution in [1.29, 1.82) is 0 Å². The first kappa shape index (κ1) is 15.1. The maximum absolute atomic E-state index is 7.05. The molecule has 0 spiro atoms. The summed E-state index contributed by atoms with van der Waals surface area (Å²) in [5, 5.41) is 0. The van der Waals surface area contributed by atoms with Crippen molar-refractivity contribution in [2.75, 3.05) is 11.8 Å². The van der Waals surface area contributed by atoms with Gasteiger partial charge in [-0.2, -0.15) is 0 Å². The molecule has 4 saturated carbocycles. The zero-order valence-corrected chi connectivity index (χ0v) is 14.8. The molecule has 0 heterocycles. The summed E-state index contributed by atoms with van der Waals surface area (Å²) in [5.74, 6) is 5.65. The summed E-state index contributed by atoms with van der Waals surface area (Å²) in [7, 11) is 0. The van der Waals surface area contributed by atoms with Crippen molar-refractivity contribution in [1.82, 2.24) is 0 Å². The van der Waals surface area contributed by atoms with Crippen LogP contribution in [0.15, 0.2) is 0 Å². The molecule has 21 heavy (non-hydrogen) atoms. The van der Waals surface area contributed by atoms with Crippen molar-refractivity contribution in [3.63, 3.8) is 0 Å². The van der Waals surface area contributed by atoms with Gasteiger partial charge in [-0.1, -0.05) is 0 Å². The lowest BCUT2D eigenvalue weighted by Gasteiger charge is -2.50. The third kappa shape index (κ3) is 1.93. The highest BCUT2D eigenvalue weighted by molar-refractivity contribution is 6.18. The van der Waals surface area contributed by atoms with Gasteiger partial charge < -0.3 is 4.74 Å². The molecule has 120 valence electrons. The van der Waals surface area contributed by atoms with E-state index in [9.17, 15) is 0 Å². The normalized spacial score (nSPS) is 58.3. The highest BCUT2D eigenvalue weighted by Gasteiger charge is 2.63. The van der Waals surface area contributed by atoms with Gasteiger partial charge in [-0.05, 0) is 76.0 Å². The Bertz CT molecular complexity index is 389. The van der Waals surface area contributed by atoms with E-state index in [1.165, 1.54) is 38.5 Å². The van der Waals surface area contributed by atoms with Gasteiger partial charge in [-0.3, -0.25) is 0 Å². The zero-order valence-electron chi connectivity index (χ0n) is 13.3. The average molecular weight is 331 g/mol. The summed E-state index contributed by atoms with van der Waals surface area (Å²) in [6.45, 7) is 4.73. The Balaban J connectivity index is 1.62. The van der Waals surface area contributed by atoms with Crippen LogP contribution < -0.4 is 0 Å². The molecule has 3 heteroatoms. The minimum Gasteiger partial charge on any atom is -0.368 e. The second-order valence-electron chi connectivity index (χ2n) is 8.53. The van der Waals surface area contributed by atoms with Crippen LogP contribution >= 0.6 is 23.2 Å². The van der Waals surface area contributed by atoms with E-state index in [0.29, 0.717) is 11.8 Å². The zero-order chi connectivity index (χ0) is 14.8. The van der Waals surface area contributed by atoms with Crippen LogP contribution in [0.4, 0.5) is 0 Å². The monoisotopic (exact) mass is 330 g/mol. The van der Waals surface area contributed by atoms with Gasteiger partial charge in [0.1, 0.15) is 0 Å². The molecular formula is C18H28Cl2O. The van der Waals surface area contributed by atoms with Gasteiger partial charge in [-0.15, -0.1) is 23.2 Å². The Labute approximate surface area is 139 Å². The fourth-order valence-corrected chi connectivity index (χ4v) is 7.81. The predicted octanol–water partition coefficient (Wildman–Crippen LogP) is 5.09. The Kier molecular flexibility index (Phi) is 3.60. The van der Waals surface area contributed by atoms with E-state index in [4.69, 9.17) is 27.9 Å². The number of hydrogen-bond acceptors (Lipinski definition) is 1. The smallest absolute Gasteiger partial charge is 0.0732 e. The van der Waals surface area contributed by atoms with Crippen molar-refractivity contribution >= 4 is 23.2 Å². The Hall–Kier alpha value is 0.540. The van der Waals surface area contributed by atoms with Crippen LogP contribution in [0.2, 0.25) is 0 Å². The summed E-state index contributed by atoms with van der Waals surface area (Å²) in [4.78, 5) is 0. The SMILES string of the molecule is CC1(OC2(C)C3CCC(C3)C2CCl)C2CCC(C2)C1CCl. The summed E-state index contributed by atoms with van der Waals surface area (Å²) in [6, 6.07) is 0. The molecule has 8 atom stereocenters. The highest BCUT2D eigenvalue weighted by Crippen LogP contribution is 2.63. The Morgan fingerprint density at radius 2 is 1.24 bits per heavy atom. The first-order valence-corrected chi connectivity index (χ1v) is 9.92. The largest absolute Gasteiger partial charge is 0.368 e. The van der Waals surface area contributed by atoms with Gasteiger partial charge in [-0.25, -0.2) is 0 Å². The lowest BCUT2D eigenvalue weighted by atomic mass is 9.73. The van der Waals surface area contributed by atoms with Crippen LogP contribution in [0.3, 0.4) is 0 Å². The summed E-state index contributed by atoms with van der Waals surface area (Å²) in [5.41, 5.74) is -0.0115. The molecular weight excluding hydrogens is 303 g/mol. The maximum atomic E-state index is 7.05. The summed E-state index contributed by atoms with van der Waals surface area (Å²) >= 11 is 12.7. The van der Waals surface area contributed by atoms with Gasteiger partial charge in [0.15, 0.2) is 0 Å². The van der Waals surface area contributed by atoms with Gasteiger partial charge >= 0.3 is 0 Å². The number of ether oxygens (including phenoxy) is 1. The third-order valence-corrected chi connectivity index (χ3v) is 8.62. The van der Waals surface area contributed by atoms with Gasteiger partial charge in [0.05, 0.1) is 11.2 Å². The van der Waals surface area contributed by atoms with E-state index in [2.05, 4.69) is 13.8 Å². The van der Waals surface area contributed by atoms with Gasteiger partial charge in [0.2, 0.25) is 0 Å². The molecule has 4 rings (SSSR count). The van der Waals surface area contributed by atoms with Crippen molar-refractivity contribution in [3.8, 4) is 0 Å². The van der Waals surface area contributed by atoms with Crippen LogP contribution in [0.25, 0.3) is 0 Å². The molecule has 0 saturated heterocycles. The van der Waals surface area contributed by atoms with E-state index in [1.54, 1.807) is 0 Å². The quantitative estimate of drug-likeness (QED) is 0.652. The predicted molar refractivity (Wildman–Crippen MR) is 88.0 cm³/mol. The molecule has 0 aromatic heterocycles. The number of fused-ring (bicyclic) bond motifs is 4. The number of halogens is 2. The summed E-state index contributed by atoms with van der Waals surface area (Å²) in [6.07, 6.45) is 8.08. The Morgan fingerprint density at radius 3 is 1.62 bits per heavy atom. The molecule has 1 nitrogen and oxygen atoms in total. The molecule has 0 amide bonds. The fourth-order valence-electron chi connectivity index (χ4n) is 6.70. The lowest BCUT2D eigenvalue weighted by Crippen LogP contribution is -2.55. The third-order valence-electron chi connectivity index (χ3n) is 7.95. The van der Waals surface area contributed by atoms with Crippen molar-refractivity contribution in [2.45, 2.75) is 63.6 Å². The minimum atomic E-state index is -0.00575. The van der Waals surface area contributed by atoms with E-state index >= 15 is 0 Å². The number of rotatable bonds is 4. The Morgan fingerprint density at radius 1 is 0.810 bits per heavy atom. The molecule has 0 aliphatic heterocycles.